The molecular weight excluding hydrogens is 368 g/mol. The van der Waals surface area contributed by atoms with Crippen molar-refractivity contribution < 1.29 is 9.53 Å². The number of thiophene rings is 1. The fourth-order valence-corrected chi connectivity index (χ4v) is 3.86. The SMILES string of the molecule is CCCN(C(=O)c1cccc(OCc2cccs2)c1)C1CCNCC1.Cl. The van der Waals surface area contributed by atoms with Crippen molar-refractivity contribution in [3.63, 3.8) is 0 Å². The molecular formula is C20H27ClN2O2S. The highest BCUT2D eigenvalue weighted by molar-refractivity contribution is 7.09. The molecule has 0 unspecified atom stereocenters. The van der Waals surface area contributed by atoms with Crippen LogP contribution in [-0.2, 0) is 6.61 Å². The lowest BCUT2D eigenvalue weighted by atomic mass is 10.0. The Morgan fingerprint density at radius 1 is 1.27 bits per heavy atom. The minimum atomic E-state index is 0. The fourth-order valence-electron chi connectivity index (χ4n) is 3.24. The van der Waals surface area contributed by atoms with E-state index >= 15 is 0 Å². The van der Waals surface area contributed by atoms with Gasteiger partial charge in [0.25, 0.3) is 5.91 Å². The molecule has 0 saturated carbocycles. The Morgan fingerprint density at radius 3 is 2.77 bits per heavy atom. The van der Waals surface area contributed by atoms with E-state index in [1.165, 1.54) is 4.88 Å². The maximum atomic E-state index is 13.1. The van der Waals surface area contributed by atoms with E-state index in [0.29, 0.717) is 12.6 Å². The summed E-state index contributed by atoms with van der Waals surface area (Å²) in [6.07, 6.45) is 3.03. The van der Waals surface area contributed by atoms with Gasteiger partial charge in [-0.1, -0.05) is 19.1 Å². The summed E-state index contributed by atoms with van der Waals surface area (Å²) in [5.74, 6) is 0.872. The van der Waals surface area contributed by atoms with E-state index in [1.807, 2.05) is 35.7 Å². The molecule has 1 aliphatic heterocycles. The molecule has 0 aliphatic carbocycles. The Hall–Kier alpha value is -1.56. The number of piperidine rings is 1. The molecule has 0 bridgehead atoms. The summed E-state index contributed by atoms with van der Waals surface area (Å²) < 4.78 is 5.86. The molecule has 1 amide bonds. The zero-order valence-corrected chi connectivity index (χ0v) is 16.8. The zero-order valence-electron chi connectivity index (χ0n) is 15.1. The van der Waals surface area contributed by atoms with Gasteiger partial charge in [-0.3, -0.25) is 4.79 Å². The summed E-state index contributed by atoms with van der Waals surface area (Å²) in [7, 11) is 0. The van der Waals surface area contributed by atoms with Crippen LogP contribution in [0.2, 0.25) is 0 Å². The molecule has 3 rings (SSSR count). The van der Waals surface area contributed by atoms with E-state index in [0.717, 1.165) is 50.2 Å². The van der Waals surface area contributed by atoms with Crippen LogP contribution in [0, 0.1) is 0 Å². The molecule has 2 heterocycles. The van der Waals surface area contributed by atoms with Crippen LogP contribution in [0.25, 0.3) is 0 Å². The number of nitrogens with one attached hydrogen (secondary N) is 1. The van der Waals surface area contributed by atoms with Gasteiger partial charge >= 0.3 is 0 Å². The summed E-state index contributed by atoms with van der Waals surface area (Å²) in [4.78, 5) is 16.3. The molecule has 26 heavy (non-hydrogen) atoms. The van der Waals surface area contributed by atoms with Gasteiger partial charge in [-0.05, 0) is 62.0 Å². The van der Waals surface area contributed by atoms with Crippen LogP contribution in [-0.4, -0.2) is 36.5 Å². The number of benzene rings is 1. The maximum absolute atomic E-state index is 13.1. The van der Waals surface area contributed by atoms with Crippen molar-refractivity contribution in [2.45, 2.75) is 38.8 Å². The second-order valence-corrected chi connectivity index (χ2v) is 7.41. The Labute approximate surface area is 166 Å². The van der Waals surface area contributed by atoms with Crippen LogP contribution in [0.15, 0.2) is 41.8 Å². The highest BCUT2D eigenvalue weighted by atomic mass is 35.5. The Balaban J connectivity index is 0.00000243. The second kappa shape index (κ2) is 10.6. The molecule has 1 aliphatic rings. The second-order valence-electron chi connectivity index (χ2n) is 6.38. The number of rotatable bonds is 7. The third-order valence-corrected chi connectivity index (χ3v) is 5.37. The summed E-state index contributed by atoms with van der Waals surface area (Å²) in [5.41, 5.74) is 0.718. The summed E-state index contributed by atoms with van der Waals surface area (Å²) in [6.45, 7) is 5.46. The number of hydrogen-bond acceptors (Lipinski definition) is 4. The van der Waals surface area contributed by atoms with Crippen molar-refractivity contribution >= 4 is 29.7 Å². The number of amides is 1. The lowest BCUT2D eigenvalue weighted by Crippen LogP contribution is -2.46. The molecule has 0 spiro atoms. The van der Waals surface area contributed by atoms with Crippen LogP contribution >= 0.6 is 23.7 Å². The number of carbonyl (C=O) groups excluding carboxylic acids is 1. The minimum absolute atomic E-state index is 0. The topological polar surface area (TPSA) is 41.6 Å². The van der Waals surface area contributed by atoms with E-state index < -0.39 is 0 Å². The molecule has 4 nitrogen and oxygen atoms in total. The summed E-state index contributed by atoms with van der Waals surface area (Å²) in [6, 6.07) is 12.0. The highest BCUT2D eigenvalue weighted by Crippen LogP contribution is 2.21. The average molecular weight is 395 g/mol. The predicted octanol–water partition coefficient (Wildman–Crippen LogP) is 4.35. The Morgan fingerprint density at radius 2 is 2.08 bits per heavy atom. The third kappa shape index (κ3) is 5.47. The van der Waals surface area contributed by atoms with Crippen molar-refractivity contribution in [3.05, 3.63) is 52.2 Å². The van der Waals surface area contributed by atoms with Crippen molar-refractivity contribution in [3.8, 4) is 5.75 Å². The first kappa shape index (κ1) is 20.7. The van der Waals surface area contributed by atoms with Crippen LogP contribution in [0.1, 0.15) is 41.4 Å². The lowest BCUT2D eigenvalue weighted by Gasteiger charge is -2.34. The van der Waals surface area contributed by atoms with Crippen molar-refractivity contribution in [1.29, 1.82) is 0 Å². The number of ether oxygens (including phenoxy) is 1. The number of halogens is 1. The van der Waals surface area contributed by atoms with Crippen LogP contribution in [0.4, 0.5) is 0 Å². The van der Waals surface area contributed by atoms with Crippen molar-refractivity contribution in [1.82, 2.24) is 10.2 Å². The molecule has 1 aromatic carbocycles. The predicted molar refractivity (Wildman–Crippen MR) is 110 cm³/mol. The lowest BCUT2D eigenvalue weighted by molar-refractivity contribution is 0.0642. The fraction of sp³-hybridized carbons (Fsp3) is 0.450. The minimum Gasteiger partial charge on any atom is -0.488 e. The zero-order chi connectivity index (χ0) is 17.5. The maximum Gasteiger partial charge on any atom is 0.254 e. The van der Waals surface area contributed by atoms with Crippen LogP contribution in [0.5, 0.6) is 5.75 Å². The normalized spacial score (nSPS) is 14.5. The first-order valence-electron chi connectivity index (χ1n) is 9.05. The van der Waals surface area contributed by atoms with Gasteiger partial charge < -0.3 is 15.0 Å². The molecule has 1 N–H and O–H groups in total. The van der Waals surface area contributed by atoms with E-state index in [4.69, 9.17) is 4.74 Å². The number of hydrogen-bond donors (Lipinski definition) is 1. The molecule has 1 saturated heterocycles. The smallest absolute Gasteiger partial charge is 0.254 e. The quantitative estimate of drug-likeness (QED) is 0.758. The van der Waals surface area contributed by atoms with Crippen LogP contribution < -0.4 is 10.1 Å². The van der Waals surface area contributed by atoms with E-state index in [1.54, 1.807) is 11.3 Å². The van der Waals surface area contributed by atoms with Gasteiger partial charge in [0.1, 0.15) is 12.4 Å². The monoisotopic (exact) mass is 394 g/mol. The summed E-state index contributed by atoms with van der Waals surface area (Å²) in [5, 5.41) is 5.41. The standard InChI is InChI=1S/C20H26N2O2S.ClH/c1-2-12-22(17-8-10-21-11-9-17)20(23)16-5-3-6-18(14-16)24-15-19-7-4-13-25-19;/h3-7,13-14,17,21H,2,8-12,15H2,1H3;1H. The highest BCUT2D eigenvalue weighted by Gasteiger charge is 2.25. The van der Waals surface area contributed by atoms with Gasteiger partial charge in [0, 0.05) is 23.0 Å². The van der Waals surface area contributed by atoms with Crippen LogP contribution in [0.3, 0.4) is 0 Å². The van der Waals surface area contributed by atoms with E-state index in [-0.39, 0.29) is 18.3 Å². The first-order valence-corrected chi connectivity index (χ1v) is 9.93. The van der Waals surface area contributed by atoms with Gasteiger partial charge in [-0.25, -0.2) is 0 Å². The molecule has 2 aromatic rings. The molecule has 0 radical (unpaired) electrons. The number of carbonyl (C=O) groups is 1. The van der Waals surface area contributed by atoms with E-state index in [2.05, 4.69) is 23.2 Å². The third-order valence-electron chi connectivity index (χ3n) is 4.52. The molecule has 142 valence electrons. The van der Waals surface area contributed by atoms with Gasteiger partial charge in [-0.2, -0.15) is 0 Å². The van der Waals surface area contributed by atoms with Gasteiger partial charge in [0.15, 0.2) is 0 Å². The van der Waals surface area contributed by atoms with Gasteiger partial charge in [-0.15, -0.1) is 23.7 Å². The largest absolute Gasteiger partial charge is 0.488 e. The first-order chi connectivity index (χ1) is 12.3. The number of nitrogens with zero attached hydrogens (tertiary/aromatic N) is 1. The summed E-state index contributed by atoms with van der Waals surface area (Å²) >= 11 is 1.68. The molecule has 6 heteroatoms. The van der Waals surface area contributed by atoms with Gasteiger partial charge in [0.05, 0.1) is 0 Å². The average Bonchev–Trinajstić information content (AvgIpc) is 3.18. The van der Waals surface area contributed by atoms with E-state index in [9.17, 15) is 4.79 Å². The molecule has 1 fully saturated rings. The molecule has 1 aromatic heterocycles. The Kier molecular flexibility index (Phi) is 8.42. The molecule has 0 atom stereocenters. The van der Waals surface area contributed by atoms with Gasteiger partial charge in [0.2, 0.25) is 0 Å². The van der Waals surface area contributed by atoms with Crippen molar-refractivity contribution in [2.75, 3.05) is 19.6 Å². The van der Waals surface area contributed by atoms with Crippen molar-refractivity contribution in [2.24, 2.45) is 0 Å². The Bertz CT molecular complexity index is 672.